The summed E-state index contributed by atoms with van der Waals surface area (Å²) in [6.45, 7) is 21.1. The van der Waals surface area contributed by atoms with Crippen LogP contribution < -0.4 is 24.8 Å². The highest BCUT2D eigenvalue weighted by molar-refractivity contribution is 7.40. The molecule has 7 heteroatoms. The van der Waals surface area contributed by atoms with E-state index >= 15 is 0 Å². The van der Waals surface area contributed by atoms with Crippen molar-refractivity contribution in [2.75, 3.05) is 9.80 Å². The first-order valence-corrected chi connectivity index (χ1v) is 25.8. The van der Waals surface area contributed by atoms with Gasteiger partial charge in [0.25, 0.3) is 6.71 Å². The van der Waals surface area contributed by atoms with E-state index in [0.717, 1.165) is 55.6 Å². The van der Waals surface area contributed by atoms with Crippen LogP contribution in [0.5, 0.6) is 0 Å². The number of furan rings is 2. The van der Waals surface area contributed by atoms with Crippen molar-refractivity contribution in [3.63, 3.8) is 0 Å². The third-order valence-electron chi connectivity index (χ3n) is 14.7. The molecule has 338 valence electrons. The number of benzene rings is 7. The molecule has 0 aliphatic carbocycles. The van der Waals surface area contributed by atoms with Crippen LogP contribution in [0.2, 0.25) is 0 Å². The normalized spacial score (nSPS) is 13.8. The Morgan fingerprint density at radius 3 is 1.23 bits per heavy atom. The highest BCUT2D eigenvalue weighted by Crippen LogP contribution is 2.52. The van der Waals surface area contributed by atoms with Crippen molar-refractivity contribution in [2.45, 2.75) is 78.6 Å². The minimum absolute atomic E-state index is 0.0169. The molecule has 0 atom stereocenters. The SMILES string of the molecule is CC(C)(C)c1cc2c3c(c1)N(c1ccc(-c4coc5ccccc45)cc1)c1c(sc4ccc(C(C)(C)C)cc14)B3c1sc3ccc(C(C)(C)C)cc3c1N2c1ccc(-c2coc3ccccc23)cc1. The summed E-state index contributed by atoms with van der Waals surface area (Å²) in [5, 5.41) is 4.86. The van der Waals surface area contributed by atoms with Crippen LogP contribution in [0.4, 0.5) is 34.1 Å². The Morgan fingerprint density at radius 1 is 0.420 bits per heavy atom. The van der Waals surface area contributed by atoms with E-state index in [1.165, 1.54) is 74.6 Å². The van der Waals surface area contributed by atoms with Gasteiger partial charge in [-0.25, -0.2) is 0 Å². The summed E-state index contributed by atoms with van der Waals surface area (Å²) < 4.78 is 17.5. The summed E-state index contributed by atoms with van der Waals surface area (Å²) in [6, 6.07) is 54.6. The fourth-order valence-electron chi connectivity index (χ4n) is 10.9. The second kappa shape index (κ2) is 14.9. The zero-order valence-electron chi connectivity index (χ0n) is 40.6. The van der Waals surface area contributed by atoms with Crippen molar-refractivity contribution in [1.29, 1.82) is 0 Å². The van der Waals surface area contributed by atoms with Gasteiger partial charge in [0, 0.05) is 74.4 Å². The van der Waals surface area contributed by atoms with Crippen LogP contribution in [-0.4, -0.2) is 6.71 Å². The van der Waals surface area contributed by atoms with Gasteiger partial charge < -0.3 is 18.6 Å². The molecule has 0 saturated carbocycles. The van der Waals surface area contributed by atoms with Crippen LogP contribution in [0, 0.1) is 0 Å². The van der Waals surface area contributed by atoms with Crippen LogP contribution in [0.3, 0.4) is 0 Å². The second-order valence-corrected chi connectivity index (χ2v) is 24.4. The Kier molecular flexibility index (Phi) is 9.11. The van der Waals surface area contributed by atoms with Crippen molar-refractivity contribution >= 4 is 121 Å². The number of anilines is 6. The lowest BCUT2D eigenvalue weighted by molar-refractivity contribution is 0.590. The number of rotatable bonds is 4. The maximum Gasteiger partial charge on any atom is 0.277 e. The second-order valence-electron chi connectivity index (χ2n) is 22.2. The predicted octanol–water partition coefficient (Wildman–Crippen LogP) is 16.9. The van der Waals surface area contributed by atoms with Crippen molar-refractivity contribution in [1.82, 2.24) is 0 Å². The molecule has 0 bridgehead atoms. The van der Waals surface area contributed by atoms with Crippen LogP contribution >= 0.6 is 22.7 Å². The van der Waals surface area contributed by atoms with Crippen molar-refractivity contribution < 1.29 is 8.83 Å². The number of thiophene rings is 2. The van der Waals surface area contributed by atoms with E-state index in [2.05, 4.69) is 193 Å². The first kappa shape index (κ1) is 42.3. The molecule has 0 unspecified atom stereocenters. The number of nitrogens with zero attached hydrogens (tertiary/aromatic N) is 2. The molecule has 6 heterocycles. The summed E-state index contributed by atoms with van der Waals surface area (Å²) in [5.74, 6) is 0. The third-order valence-corrected chi connectivity index (χ3v) is 17.1. The Labute approximate surface area is 412 Å². The summed E-state index contributed by atoms with van der Waals surface area (Å²) >= 11 is 3.95. The maximum absolute atomic E-state index is 6.05. The summed E-state index contributed by atoms with van der Waals surface area (Å²) in [5.41, 5.74) is 18.8. The Bertz CT molecular complexity index is 3620. The van der Waals surface area contributed by atoms with Crippen molar-refractivity contribution in [3.05, 3.63) is 175 Å². The lowest BCUT2D eigenvalue weighted by Crippen LogP contribution is -2.59. The standard InChI is InChI=1S/C62H53BN2O2S2/c1-60(2,3)38-22-28-53-45(30-38)56-58(68-53)63-55-49(64(56)41-24-18-36(19-25-41)47-34-66-51-16-12-10-14-43(47)51)32-40(62(7,8)9)33-50(55)65(57-46-31-39(61(4,5)6)23-29-54(46)69-59(57)63)42-26-20-37(21-27-42)48-35-67-52-17-13-11-15-44(48)52/h10-35H,1-9H3. The van der Waals surface area contributed by atoms with Gasteiger partial charge in [0.1, 0.15) is 11.2 Å². The molecule has 0 spiro atoms. The zero-order chi connectivity index (χ0) is 47.3. The average molecular weight is 933 g/mol. The summed E-state index contributed by atoms with van der Waals surface area (Å²) in [6.07, 6.45) is 3.80. The predicted molar refractivity (Wildman–Crippen MR) is 298 cm³/mol. The molecule has 0 N–H and O–H groups in total. The molecule has 2 aliphatic heterocycles. The molecule has 11 aromatic rings. The molecule has 0 fully saturated rings. The lowest BCUT2D eigenvalue weighted by Gasteiger charge is -2.43. The Morgan fingerprint density at radius 2 is 0.826 bits per heavy atom. The summed E-state index contributed by atoms with van der Waals surface area (Å²) in [4.78, 5) is 5.23. The van der Waals surface area contributed by atoms with Gasteiger partial charge in [0.15, 0.2) is 0 Å². The van der Waals surface area contributed by atoms with Gasteiger partial charge in [-0.1, -0.05) is 135 Å². The minimum Gasteiger partial charge on any atom is -0.464 e. The molecule has 0 saturated heterocycles. The maximum atomic E-state index is 6.05. The Balaban J connectivity index is 1.10. The molecule has 69 heavy (non-hydrogen) atoms. The zero-order valence-corrected chi connectivity index (χ0v) is 42.2. The van der Waals surface area contributed by atoms with E-state index in [-0.39, 0.29) is 23.0 Å². The van der Waals surface area contributed by atoms with Crippen LogP contribution in [0.25, 0.3) is 64.4 Å². The summed E-state index contributed by atoms with van der Waals surface area (Å²) in [7, 11) is 0. The van der Waals surface area contributed by atoms with Gasteiger partial charge in [0.2, 0.25) is 0 Å². The molecule has 0 amide bonds. The molecule has 4 aromatic heterocycles. The van der Waals surface area contributed by atoms with Crippen LogP contribution in [0.15, 0.2) is 167 Å². The molecular formula is C62H53BN2O2S2. The van der Waals surface area contributed by atoms with Gasteiger partial charge in [-0.3, -0.25) is 0 Å². The molecule has 2 aliphatic rings. The average Bonchev–Trinajstić information content (AvgIpc) is 4.14. The van der Waals surface area contributed by atoms with Crippen LogP contribution in [0.1, 0.15) is 79.0 Å². The lowest BCUT2D eigenvalue weighted by atomic mass is 9.39. The smallest absolute Gasteiger partial charge is 0.277 e. The number of fused-ring (bicyclic) bond motifs is 10. The van der Waals surface area contributed by atoms with E-state index < -0.39 is 0 Å². The van der Waals surface area contributed by atoms with E-state index in [4.69, 9.17) is 8.83 Å². The van der Waals surface area contributed by atoms with Gasteiger partial charge in [0.05, 0.1) is 23.9 Å². The Hall–Kier alpha value is -6.80. The first-order chi connectivity index (χ1) is 33.1. The molecule has 0 radical (unpaired) electrons. The van der Waals surface area contributed by atoms with E-state index in [9.17, 15) is 0 Å². The van der Waals surface area contributed by atoms with E-state index in [1.807, 2.05) is 59.5 Å². The van der Waals surface area contributed by atoms with E-state index in [1.54, 1.807) is 0 Å². The molecule has 13 rings (SSSR count). The van der Waals surface area contributed by atoms with E-state index in [0.29, 0.717) is 0 Å². The number of hydrogen-bond acceptors (Lipinski definition) is 6. The van der Waals surface area contributed by atoms with Gasteiger partial charge in [-0.15, -0.1) is 22.7 Å². The number of hydrogen-bond donors (Lipinski definition) is 0. The first-order valence-electron chi connectivity index (χ1n) is 24.2. The highest BCUT2D eigenvalue weighted by atomic mass is 32.1. The minimum atomic E-state index is -0.149. The molecule has 7 aromatic carbocycles. The quantitative estimate of drug-likeness (QED) is 0.165. The third kappa shape index (κ3) is 6.53. The number of para-hydroxylation sites is 2. The molecular weight excluding hydrogens is 880 g/mol. The fraction of sp³-hybridized carbons (Fsp3) is 0.194. The van der Waals surface area contributed by atoms with Crippen molar-refractivity contribution in [2.24, 2.45) is 0 Å². The monoisotopic (exact) mass is 932 g/mol. The highest BCUT2D eigenvalue weighted by Gasteiger charge is 2.48. The van der Waals surface area contributed by atoms with Gasteiger partial charge >= 0.3 is 0 Å². The fourth-order valence-corrected chi connectivity index (χ4v) is 13.5. The molecule has 4 nitrogen and oxygen atoms in total. The van der Waals surface area contributed by atoms with Crippen LogP contribution in [-0.2, 0) is 16.2 Å². The van der Waals surface area contributed by atoms with Gasteiger partial charge in [-0.05, 0) is 122 Å². The van der Waals surface area contributed by atoms with Gasteiger partial charge in [-0.2, -0.15) is 0 Å². The van der Waals surface area contributed by atoms with Crippen molar-refractivity contribution in [3.8, 4) is 22.3 Å². The largest absolute Gasteiger partial charge is 0.464 e. The topological polar surface area (TPSA) is 32.8 Å².